The summed E-state index contributed by atoms with van der Waals surface area (Å²) in [5.41, 5.74) is 2.48. The van der Waals surface area contributed by atoms with Crippen LogP contribution in [0.5, 0.6) is 17.2 Å². The van der Waals surface area contributed by atoms with Gasteiger partial charge in [0, 0.05) is 11.8 Å². The van der Waals surface area contributed by atoms with Crippen molar-refractivity contribution in [3.05, 3.63) is 96.3 Å². The number of amides is 1. The van der Waals surface area contributed by atoms with Crippen LogP contribution in [0.2, 0.25) is 0 Å². The predicted octanol–water partition coefficient (Wildman–Crippen LogP) is 4.26. The van der Waals surface area contributed by atoms with Gasteiger partial charge >= 0.3 is 5.97 Å². The molecule has 0 spiro atoms. The summed E-state index contributed by atoms with van der Waals surface area (Å²) in [4.78, 5) is 24.9. The summed E-state index contributed by atoms with van der Waals surface area (Å²) in [6.45, 7) is -0.195. The number of nitrogens with zero attached hydrogens (tertiary/aromatic N) is 2. The molecule has 0 unspecified atom stereocenters. The highest BCUT2D eigenvalue weighted by atomic mass is 16.5. The molecule has 184 valence electrons. The van der Waals surface area contributed by atoms with Gasteiger partial charge in [-0.15, -0.1) is 0 Å². The highest BCUT2D eigenvalue weighted by Crippen LogP contribution is 2.29. The van der Waals surface area contributed by atoms with Gasteiger partial charge in [-0.2, -0.15) is 5.10 Å². The largest absolute Gasteiger partial charge is 0.495 e. The van der Waals surface area contributed by atoms with Crippen molar-refractivity contribution in [1.82, 2.24) is 9.78 Å². The van der Waals surface area contributed by atoms with Crippen molar-refractivity contribution in [3.8, 4) is 22.9 Å². The lowest BCUT2D eigenvalue weighted by Gasteiger charge is -2.13. The molecule has 4 rings (SSSR count). The van der Waals surface area contributed by atoms with Crippen molar-refractivity contribution < 1.29 is 28.5 Å². The molecule has 9 nitrogen and oxygen atoms in total. The van der Waals surface area contributed by atoms with Crippen LogP contribution in [0, 0.1) is 0 Å². The number of carbonyl (C=O) groups is 2. The van der Waals surface area contributed by atoms with Crippen molar-refractivity contribution in [2.45, 2.75) is 6.61 Å². The summed E-state index contributed by atoms with van der Waals surface area (Å²) in [6, 6.07) is 21.3. The van der Waals surface area contributed by atoms with E-state index in [2.05, 4.69) is 10.4 Å². The first kappa shape index (κ1) is 24.3. The molecule has 1 heterocycles. The van der Waals surface area contributed by atoms with E-state index >= 15 is 0 Å². The van der Waals surface area contributed by atoms with Gasteiger partial charge < -0.3 is 24.3 Å². The van der Waals surface area contributed by atoms with E-state index in [0.29, 0.717) is 22.9 Å². The zero-order valence-electron chi connectivity index (χ0n) is 19.8. The Morgan fingerprint density at radius 1 is 0.889 bits per heavy atom. The van der Waals surface area contributed by atoms with E-state index in [4.69, 9.17) is 18.9 Å². The van der Waals surface area contributed by atoms with Crippen LogP contribution in [0.1, 0.15) is 15.9 Å². The summed E-state index contributed by atoms with van der Waals surface area (Å²) in [7, 11) is 2.97. The molecular formula is C27H25N3O6. The number of aromatic nitrogens is 2. The SMILES string of the molecule is COc1ccccc1NC(=O)COc1ccc(C(=O)OCc2cnn(-c3ccccc3)c2)cc1OC. The van der Waals surface area contributed by atoms with E-state index in [9.17, 15) is 9.59 Å². The zero-order chi connectivity index (χ0) is 25.3. The number of carbonyl (C=O) groups excluding carboxylic acids is 2. The first-order valence-electron chi connectivity index (χ1n) is 11.1. The molecule has 0 aliphatic rings. The molecule has 0 aliphatic carbocycles. The van der Waals surface area contributed by atoms with E-state index in [0.717, 1.165) is 11.3 Å². The molecule has 4 aromatic rings. The lowest BCUT2D eigenvalue weighted by atomic mass is 10.2. The average molecular weight is 488 g/mol. The van der Waals surface area contributed by atoms with Crippen LogP contribution in [0.25, 0.3) is 5.69 Å². The number of hydrogen-bond donors (Lipinski definition) is 1. The van der Waals surface area contributed by atoms with E-state index in [1.165, 1.54) is 20.3 Å². The van der Waals surface area contributed by atoms with Gasteiger partial charge in [0.2, 0.25) is 0 Å². The third-order valence-electron chi connectivity index (χ3n) is 5.17. The Labute approximate surface area is 208 Å². The van der Waals surface area contributed by atoms with Crippen LogP contribution in [0.3, 0.4) is 0 Å². The fraction of sp³-hybridized carbons (Fsp3) is 0.148. The Balaban J connectivity index is 1.33. The molecule has 0 fully saturated rings. The molecule has 9 heteroatoms. The lowest BCUT2D eigenvalue weighted by Crippen LogP contribution is -2.20. The summed E-state index contributed by atoms with van der Waals surface area (Å²) in [5, 5.41) is 7.03. The summed E-state index contributed by atoms with van der Waals surface area (Å²) < 4.78 is 23.3. The monoisotopic (exact) mass is 487 g/mol. The smallest absolute Gasteiger partial charge is 0.338 e. The topological polar surface area (TPSA) is 101 Å². The minimum atomic E-state index is -0.527. The van der Waals surface area contributed by atoms with Gasteiger partial charge in [-0.05, 0) is 42.5 Å². The van der Waals surface area contributed by atoms with E-state index in [1.807, 2.05) is 30.3 Å². The number of ether oxygens (including phenoxy) is 4. The van der Waals surface area contributed by atoms with E-state index < -0.39 is 5.97 Å². The Bertz CT molecular complexity index is 1340. The molecule has 0 radical (unpaired) electrons. The maximum atomic E-state index is 12.6. The minimum Gasteiger partial charge on any atom is -0.495 e. The number of para-hydroxylation sites is 3. The predicted molar refractivity (Wildman–Crippen MR) is 133 cm³/mol. The highest BCUT2D eigenvalue weighted by Gasteiger charge is 2.15. The van der Waals surface area contributed by atoms with Crippen molar-refractivity contribution in [1.29, 1.82) is 0 Å². The first-order valence-corrected chi connectivity index (χ1v) is 11.1. The number of esters is 1. The molecule has 0 saturated heterocycles. The van der Waals surface area contributed by atoms with Gasteiger partial charge in [-0.25, -0.2) is 9.48 Å². The van der Waals surface area contributed by atoms with Gasteiger partial charge in [0.15, 0.2) is 18.1 Å². The second kappa shape index (κ2) is 11.6. The van der Waals surface area contributed by atoms with Gasteiger partial charge in [-0.1, -0.05) is 30.3 Å². The Kier molecular flexibility index (Phi) is 7.82. The number of rotatable bonds is 10. The molecule has 0 atom stereocenters. The Morgan fingerprint density at radius 2 is 1.64 bits per heavy atom. The van der Waals surface area contributed by atoms with E-state index in [1.54, 1.807) is 53.5 Å². The molecular weight excluding hydrogens is 462 g/mol. The normalized spacial score (nSPS) is 10.4. The van der Waals surface area contributed by atoms with Crippen LogP contribution in [0.15, 0.2) is 85.2 Å². The molecule has 0 saturated carbocycles. The summed E-state index contributed by atoms with van der Waals surface area (Å²) in [6.07, 6.45) is 3.45. The average Bonchev–Trinajstić information content (AvgIpc) is 3.40. The van der Waals surface area contributed by atoms with Gasteiger partial charge in [0.05, 0.1) is 37.4 Å². The number of hydrogen-bond acceptors (Lipinski definition) is 7. The second-order valence-electron chi connectivity index (χ2n) is 7.61. The second-order valence-corrected chi connectivity index (χ2v) is 7.61. The number of nitrogens with one attached hydrogen (secondary N) is 1. The Hall–Kier alpha value is -4.79. The number of methoxy groups -OCH3 is 2. The fourth-order valence-corrected chi connectivity index (χ4v) is 3.38. The third-order valence-corrected chi connectivity index (χ3v) is 5.17. The third kappa shape index (κ3) is 6.01. The highest BCUT2D eigenvalue weighted by molar-refractivity contribution is 5.93. The van der Waals surface area contributed by atoms with Crippen molar-refractivity contribution in [2.24, 2.45) is 0 Å². The van der Waals surface area contributed by atoms with Crippen LogP contribution in [-0.2, 0) is 16.1 Å². The molecule has 3 aromatic carbocycles. The van der Waals surface area contributed by atoms with Crippen molar-refractivity contribution in [3.63, 3.8) is 0 Å². The summed E-state index contributed by atoms with van der Waals surface area (Å²) in [5.74, 6) is 0.251. The quantitative estimate of drug-likeness (QED) is 0.334. The Morgan fingerprint density at radius 3 is 2.42 bits per heavy atom. The van der Waals surface area contributed by atoms with Crippen LogP contribution in [0.4, 0.5) is 5.69 Å². The molecule has 36 heavy (non-hydrogen) atoms. The molecule has 0 aliphatic heterocycles. The van der Waals surface area contributed by atoms with E-state index in [-0.39, 0.29) is 24.7 Å². The molecule has 1 N–H and O–H groups in total. The van der Waals surface area contributed by atoms with Crippen molar-refractivity contribution >= 4 is 17.6 Å². The van der Waals surface area contributed by atoms with Gasteiger partial charge in [-0.3, -0.25) is 4.79 Å². The van der Waals surface area contributed by atoms with Crippen LogP contribution in [-0.4, -0.2) is 42.5 Å². The zero-order valence-corrected chi connectivity index (χ0v) is 19.8. The standard InChI is InChI=1S/C27H25N3O6/c1-33-23-11-7-6-10-22(23)29-26(31)18-35-24-13-12-20(14-25(24)34-2)27(32)36-17-19-15-28-30(16-19)21-8-4-3-5-9-21/h3-16H,17-18H2,1-2H3,(H,29,31). The fourth-order valence-electron chi connectivity index (χ4n) is 3.38. The van der Waals surface area contributed by atoms with Gasteiger partial charge in [0.25, 0.3) is 5.91 Å². The van der Waals surface area contributed by atoms with Crippen LogP contribution >= 0.6 is 0 Å². The summed E-state index contributed by atoms with van der Waals surface area (Å²) >= 11 is 0. The lowest BCUT2D eigenvalue weighted by molar-refractivity contribution is -0.118. The van der Waals surface area contributed by atoms with Crippen molar-refractivity contribution in [2.75, 3.05) is 26.1 Å². The molecule has 0 bridgehead atoms. The van der Waals surface area contributed by atoms with Gasteiger partial charge in [0.1, 0.15) is 12.4 Å². The molecule has 1 aromatic heterocycles. The first-order chi connectivity index (χ1) is 17.6. The van der Waals surface area contributed by atoms with Crippen LogP contribution < -0.4 is 19.5 Å². The molecule has 1 amide bonds. The minimum absolute atomic E-state index is 0.0648. The maximum absolute atomic E-state index is 12.6. The number of anilines is 1. The number of benzene rings is 3. The maximum Gasteiger partial charge on any atom is 0.338 e.